The van der Waals surface area contributed by atoms with Crippen molar-refractivity contribution in [3.05, 3.63) is 35.0 Å². The first-order valence-electron chi connectivity index (χ1n) is 9.45. The third-order valence-electron chi connectivity index (χ3n) is 5.05. The summed E-state index contributed by atoms with van der Waals surface area (Å²) < 4.78 is 1.94. The number of carbonyl (C=O) groups is 1. The molecule has 1 atom stereocenters. The highest BCUT2D eigenvalue weighted by Crippen LogP contribution is 2.24. The minimum absolute atomic E-state index is 0.166. The quantitative estimate of drug-likeness (QED) is 0.826. The predicted octanol–water partition coefficient (Wildman–Crippen LogP) is 1.38. The zero-order valence-corrected chi connectivity index (χ0v) is 16.9. The molecule has 146 valence electrons. The van der Waals surface area contributed by atoms with Crippen LogP contribution >= 0.6 is 0 Å². The van der Waals surface area contributed by atoms with Crippen LogP contribution in [0.4, 0.5) is 5.82 Å². The average molecular weight is 371 g/mol. The van der Waals surface area contributed by atoms with Crippen molar-refractivity contribution >= 4 is 11.7 Å². The molecule has 2 aromatic rings. The molecule has 27 heavy (non-hydrogen) atoms. The maximum Gasteiger partial charge on any atom is 0.291 e. The van der Waals surface area contributed by atoms with Crippen molar-refractivity contribution in [2.75, 3.05) is 32.1 Å². The van der Waals surface area contributed by atoms with Gasteiger partial charge in [-0.25, -0.2) is 9.97 Å². The minimum Gasteiger partial charge on any atom is -0.355 e. The molecule has 1 aliphatic heterocycles. The Kier molecular flexibility index (Phi) is 5.74. The van der Waals surface area contributed by atoms with Crippen molar-refractivity contribution in [2.45, 2.75) is 46.3 Å². The highest BCUT2D eigenvalue weighted by molar-refractivity contribution is 5.90. The minimum atomic E-state index is -0.166. The molecule has 1 amide bonds. The van der Waals surface area contributed by atoms with Gasteiger partial charge in [0.25, 0.3) is 5.91 Å². The Balaban J connectivity index is 1.68. The van der Waals surface area contributed by atoms with Crippen LogP contribution in [-0.4, -0.2) is 63.8 Å². The van der Waals surface area contributed by atoms with E-state index in [1.165, 1.54) is 10.5 Å². The summed E-state index contributed by atoms with van der Waals surface area (Å²) in [7, 11) is 3.44. The van der Waals surface area contributed by atoms with Gasteiger partial charge in [-0.1, -0.05) is 0 Å². The summed E-state index contributed by atoms with van der Waals surface area (Å²) in [6.07, 6.45) is 5.04. The molecular weight excluding hydrogens is 342 g/mol. The number of hydrogen-bond donors (Lipinski definition) is 1. The highest BCUT2D eigenvalue weighted by Gasteiger charge is 2.26. The number of amides is 1. The maximum absolute atomic E-state index is 12.3. The van der Waals surface area contributed by atoms with Gasteiger partial charge in [-0.2, -0.15) is 5.10 Å². The summed E-state index contributed by atoms with van der Waals surface area (Å²) in [6.45, 7) is 9.52. The van der Waals surface area contributed by atoms with Crippen molar-refractivity contribution in [2.24, 2.45) is 0 Å². The largest absolute Gasteiger partial charge is 0.355 e. The molecule has 0 aliphatic carbocycles. The van der Waals surface area contributed by atoms with Crippen LogP contribution in [0.2, 0.25) is 0 Å². The molecule has 8 heteroatoms. The van der Waals surface area contributed by atoms with Crippen LogP contribution in [0.25, 0.3) is 0 Å². The lowest BCUT2D eigenvalue weighted by Crippen LogP contribution is -2.33. The molecule has 0 spiro atoms. The van der Waals surface area contributed by atoms with E-state index in [0.717, 1.165) is 49.7 Å². The number of rotatable bonds is 6. The molecular formula is C19H29N7O. The van der Waals surface area contributed by atoms with Crippen molar-refractivity contribution in [1.82, 2.24) is 30.0 Å². The van der Waals surface area contributed by atoms with E-state index < -0.39 is 0 Å². The number of nitrogens with one attached hydrogen (secondary N) is 1. The van der Waals surface area contributed by atoms with Crippen molar-refractivity contribution < 1.29 is 4.79 Å². The van der Waals surface area contributed by atoms with Gasteiger partial charge >= 0.3 is 0 Å². The van der Waals surface area contributed by atoms with Crippen LogP contribution in [0.3, 0.4) is 0 Å². The lowest BCUT2D eigenvalue weighted by Gasteiger charge is -2.22. The van der Waals surface area contributed by atoms with Crippen LogP contribution in [0.15, 0.2) is 12.4 Å². The molecule has 0 bridgehead atoms. The Hall–Kier alpha value is -2.48. The second kappa shape index (κ2) is 8.04. The molecule has 3 heterocycles. The number of anilines is 1. The van der Waals surface area contributed by atoms with Gasteiger partial charge in [0.2, 0.25) is 5.82 Å². The van der Waals surface area contributed by atoms with Crippen LogP contribution in [0.1, 0.15) is 40.8 Å². The number of nitrogens with zero attached hydrogens (tertiary/aromatic N) is 6. The van der Waals surface area contributed by atoms with E-state index in [0.29, 0.717) is 6.04 Å². The SMILES string of the molecule is CCn1cc(CN[C@@H]2CCN(c3nc(C(=O)N(C)C)nc(C)c3C)C2)cn1. The highest BCUT2D eigenvalue weighted by atomic mass is 16.2. The molecule has 0 aromatic carbocycles. The van der Waals surface area contributed by atoms with Crippen molar-refractivity contribution in [1.29, 1.82) is 0 Å². The summed E-state index contributed by atoms with van der Waals surface area (Å²) in [6, 6.07) is 0.387. The van der Waals surface area contributed by atoms with Crippen molar-refractivity contribution in [3.63, 3.8) is 0 Å². The fourth-order valence-electron chi connectivity index (χ4n) is 3.27. The Morgan fingerprint density at radius 1 is 1.33 bits per heavy atom. The van der Waals surface area contributed by atoms with Gasteiger partial charge in [0.15, 0.2) is 0 Å². The van der Waals surface area contributed by atoms with Crippen LogP contribution < -0.4 is 10.2 Å². The Labute approximate surface area is 160 Å². The molecule has 0 unspecified atom stereocenters. The monoisotopic (exact) mass is 371 g/mol. The molecule has 1 saturated heterocycles. The van der Waals surface area contributed by atoms with Gasteiger partial charge in [-0.05, 0) is 27.2 Å². The van der Waals surface area contributed by atoms with E-state index >= 15 is 0 Å². The van der Waals surface area contributed by atoms with Gasteiger partial charge < -0.3 is 15.1 Å². The number of aryl methyl sites for hydroxylation is 2. The van der Waals surface area contributed by atoms with E-state index in [9.17, 15) is 4.79 Å². The summed E-state index contributed by atoms with van der Waals surface area (Å²) in [5.74, 6) is 0.971. The molecule has 1 N–H and O–H groups in total. The molecule has 0 saturated carbocycles. The van der Waals surface area contributed by atoms with Gasteiger partial charge in [-0.3, -0.25) is 9.48 Å². The summed E-state index contributed by atoms with van der Waals surface area (Å²) in [5.41, 5.74) is 3.09. The first-order chi connectivity index (χ1) is 12.9. The zero-order valence-electron chi connectivity index (χ0n) is 16.9. The number of carbonyl (C=O) groups excluding carboxylic acids is 1. The fraction of sp³-hybridized carbons (Fsp3) is 0.579. The standard InChI is InChI=1S/C19H29N7O/c1-6-26-11-15(10-21-26)9-20-16-7-8-25(12-16)18-13(2)14(3)22-17(23-18)19(27)24(4)5/h10-11,16,20H,6-9,12H2,1-5H3/t16-/m1/s1. The van der Waals surface area contributed by atoms with Gasteiger partial charge in [0.1, 0.15) is 5.82 Å². The smallest absolute Gasteiger partial charge is 0.291 e. The second-order valence-corrected chi connectivity index (χ2v) is 7.30. The predicted molar refractivity (Wildman–Crippen MR) is 105 cm³/mol. The van der Waals surface area contributed by atoms with E-state index in [2.05, 4.69) is 38.4 Å². The third-order valence-corrected chi connectivity index (χ3v) is 5.05. The van der Waals surface area contributed by atoms with Gasteiger partial charge in [-0.15, -0.1) is 0 Å². The van der Waals surface area contributed by atoms with Crippen LogP contribution in [-0.2, 0) is 13.1 Å². The first-order valence-corrected chi connectivity index (χ1v) is 9.45. The maximum atomic E-state index is 12.3. The van der Waals surface area contributed by atoms with E-state index in [1.807, 2.05) is 24.7 Å². The molecule has 0 radical (unpaired) electrons. The van der Waals surface area contributed by atoms with E-state index in [-0.39, 0.29) is 11.7 Å². The summed E-state index contributed by atoms with van der Waals surface area (Å²) >= 11 is 0. The molecule has 1 aliphatic rings. The van der Waals surface area contributed by atoms with Gasteiger partial charge in [0, 0.05) is 69.3 Å². The van der Waals surface area contributed by atoms with Crippen LogP contribution in [0, 0.1) is 13.8 Å². The Morgan fingerprint density at radius 3 is 2.78 bits per heavy atom. The molecule has 3 rings (SSSR count). The summed E-state index contributed by atoms with van der Waals surface area (Å²) in [4.78, 5) is 25.0. The normalized spacial score (nSPS) is 16.8. The lowest BCUT2D eigenvalue weighted by molar-refractivity contribution is 0.0815. The number of aromatic nitrogens is 4. The van der Waals surface area contributed by atoms with Crippen molar-refractivity contribution in [3.8, 4) is 0 Å². The number of hydrogen-bond acceptors (Lipinski definition) is 6. The van der Waals surface area contributed by atoms with Crippen LogP contribution in [0.5, 0.6) is 0 Å². The topological polar surface area (TPSA) is 79.2 Å². The second-order valence-electron chi connectivity index (χ2n) is 7.30. The molecule has 1 fully saturated rings. The third kappa shape index (κ3) is 4.27. The zero-order chi connectivity index (χ0) is 19.6. The first kappa shape index (κ1) is 19.3. The van der Waals surface area contributed by atoms with Gasteiger partial charge in [0.05, 0.1) is 6.20 Å². The summed E-state index contributed by atoms with van der Waals surface area (Å²) in [5, 5.41) is 7.93. The Bertz CT molecular complexity index is 814. The van der Waals surface area contributed by atoms with E-state index in [1.54, 1.807) is 14.1 Å². The molecule has 2 aromatic heterocycles. The fourth-order valence-corrected chi connectivity index (χ4v) is 3.27. The lowest BCUT2D eigenvalue weighted by atomic mass is 10.2. The Morgan fingerprint density at radius 2 is 2.11 bits per heavy atom. The average Bonchev–Trinajstić information content (AvgIpc) is 3.30. The molecule has 8 nitrogen and oxygen atoms in total. The van der Waals surface area contributed by atoms with E-state index in [4.69, 9.17) is 0 Å².